The van der Waals surface area contributed by atoms with Gasteiger partial charge >= 0.3 is 6.03 Å². The Morgan fingerprint density at radius 2 is 1.62 bits per heavy atom. The highest BCUT2D eigenvalue weighted by molar-refractivity contribution is 5.89. The summed E-state index contributed by atoms with van der Waals surface area (Å²) in [6.07, 6.45) is 5.76. The number of rotatable bonds is 4. The molecule has 2 fully saturated rings. The van der Waals surface area contributed by atoms with Crippen molar-refractivity contribution in [3.63, 3.8) is 0 Å². The molecule has 0 radical (unpaired) electrons. The van der Waals surface area contributed by atoms with Gasteiger partial charge in [-0.2, -0.15) is 0 Å². The second-order valence-electron chi connectivity index (χ2n) is 6.73. The molecule has 0 aromatic heterocycles. The summed E-state index contributed by atoms with van der Waals surface area (Å²) < 4.78 is 5.38. The Kier molecular flexibility index (Phi) is 6.49. The van der Waals surface area contributed by atoms with Crippen molar-refractivity contribution in [3.8, 4) is 0 Å². The Balaban J connectivity index is 1.45. The molecule has 2 aliphatic rings. The van der Waals surface area contributed by atoms with Crippen molar-refractivity contribution in [2.24, 2.45) is 0 Å². The van der Waals surface area contributed by atoms with Gasteiger partial charge in [0, 0.05) is 38.4 Å². The van der Waals surface area contributed by atoms with Gasteiger partial charge in [-0.25, -0.2) is 4.79 Å². The quantitative estimate of drug-likeness (QED) is 0.922. The van der Waals surface area contributed by atoms with Gasteiger partial charge in [-0.1, -0.05) is 25.0 Å². The minimum absolute atomic E-state index is 0.0398. The van der Waals surface area contributed by atoms with Crippen LogP contribution in [0.25, 0.3) is 0 Å². The molecule has 0 aliphatic carbocycles. The number of likely N-dealkylation sites (tertiary alicyclic amines) is 1. The number of amides is 2. The summed E-state index contributed by atoms with van der Waals surface area (Å²) in [6.45, 7) is 6.59. The van der Waals surface area contributed by atoms with Crippen LogP contribution in [0.5, 0.6) is 0 Å². The number of nitrogens with zero attached hydrogens (tertiary/aromatic N) is 2. The number of anilines is 1. The van der Waals surface area contributed by atoms with E-state index < -0.39 is 0 Å². The van der Waals surface area contributed by atoms with E-state index in [4.69, 9.17) is 4.74 Å². The summed E-state index contributed by atoms with van der Waals surface area (Å²) in [7, 11) is 0. The minimum atomic E-state index is 0.0398. The molecular weight excluding hydrogens is 302 g/mol. The number of carbonyl (C=O) groups excluding carboxylic acids is 1. The molecule has 2 amide bonds. The Hall–Kier alpha value is -1.59. The maximum Gasteiger partial charge on any atom is 0.321 e. The van der Waals surface area contributed by atoms with E-state index in [-0.39, 0.29) is 6.03 Å². The van der Waals surface area contributed by atoms with Gasteiger partial charge in [0.2, 0.25) is 0 Å². The first-order valence-electron chi connectivity index (χ1n) is 9.26. The first-order chi connectivity index (χ1) is 11.8. The highest BCUT2D eigenvalue weighted by Crippen LogP contribution is 2.14. The van der Waals surface area contributed by atoms with Gasteiger partial charge < -0.3 is 15.0 Å². The fourth-order valence-electron chi connectivity index (χ4n) is 3.34. The topological polar surface area (TPSA) is 44.8 Å². The zero-order valence-electron chi connectivity index (χ0n) is 14.5. The molecule has 1 aromatic rings. The third kappa shape index (κ3) is 5.21. The van der Waals surface area contributed by atoms with E-state index >= 15 is 0 Å². The van der Waals surface area contributed by atoms with Crippen LogP contribution < -0.4 is 5.32 Å². The number of morpholine rings is 1. The molecule has 1 N–H and O–H groups in total. The van der Waals surface area contributed by atoms with Crippen LogP contribution in [0.1, 0.15) is 31.2 Å². The van der Waals surface area contributed by atoms with Gasteiger partial charge in [-0.3, -0.25) is 4.90 Å². The van der Waals surface area contributed by atoms with E-state index in [1.807, 2.05) is 17.0 Å². The van der Waals surface area contributed by atoms with Crippen molar-refractivity contribution in [2.75, 3.05) is 51.3 Å². The van der Waals surface area contributed by atoms with Crippen molar-refractivity contribution in [1.82, 2.24) is 9.80 Å². The second kappa shape index (κ2) is 9.04. The standard InChI is InChI=1S/C19H29N3O2/c23-19(22-10-3-1-2-4-11-22)20-18-7-5-17(6-8-18)9-12-21-13-15-24-16-14-21/h5-8H,1-4,9-16H2,(H,20,23). The molecule has 0 spiro atoms. The molecule has 5 heteroatoms. The van der Waals surface area contributed by atoms with Crippen LogP contribution in [0.4, 0.5) is 10.5 Å². The summed E-state index contributed by atoms with van der Waals surface area (Å²) in [6, 6.07) is 8.32. The summed E-state index contributed by atoms with van der Waals surface area (Å²) >= 11 is 0. The first-order valence-corrected chi connectivity index (χ1v) is 9.26. The van der Waals surface area contributed by atoms with Crippen molar-refractivity contribution in [2.45, 2.75) is 32.1 Å². The Morgan fingerprint density at radius 3 is 2.29 bits per heavy atom. The lowest BCUT2D eigenvalue weighted by Crippen LogP contribution is -2.37. The monoisotopic (exact) mass is 331 g/mol. The molecule has 1 aromatic carbocycles. The number of hydrogen-bond donors (Lipinski definition) is 1. The van der Waals surface area contributed by atoms with Gasteiger partial charge in [0.05, 0.1) is 13.2 Å². The fraction of sp³-hybridized carbons (Fsp3) is 0.632. The van der Waals surface area contributed by atoms with E-state index in [0.717, 1.165) is 70.9 Å². The molecule has 0 bridgehead atoms. The highest BCUT2D eigenvalue weighted by Gasteiger charge is 2.15. The molecule has 5 nitrogen and oxygen atoms in total. The third-order valence-corrected chi connectivity index (χ3v) is 4.92. The number of ether oxygens (including phenoxy) is 1. The average molecular weight is 331 g/mol. The van der Waals surface area contributed by atoms with E-state index in [9.17, 15) is 4.79 Å². The van der Waals surface area contributed by atoms with Crippen LogP contribution in [-0.4, -0.2) is 61.8 Å². The SMILES string of the molecule is O=C(Nc1ccc(CCN2CCOCC2)cc1)N1CCCCCC1. The zero-order chi connectivity index (χ0) is 16.6. The van der Waals surface area contributed by atoms with Crippen molar-refractivity contribution in [1.29, 1.82) is 0 Å². The van der Waals surface area contributed by atoms with Crippen LogP contribution in [-0.2, 0) is 11.2 Å². The van der Waals surface area contributed by atoms with E-state index in [0.29, 0.717) is 0 Å². The molecule has 0 unspecified atom stereocenters. The Bertz CT molecular complexity index is 504. The van der Waals surface area contributed by atoms with Gasteiger partial charge in [0.25, 0.3) is 0 Å². The first kappa shape index (κ1) is 17.2. The molecule has 2 aliphatic heterocycles. The summed E-state index contributed by atoms with van der Waals surface area (Å²) in [4.78, 5) is 16.7. The van der Waals surface area contributed by atoms with Gasteiger partial charge in [-0.05, 0) is 37.0 Å². The van der Waals surface area contributed by atoms with Crippen LogP contribution in [0.3, 0.4) is 0 Å². The number of benzene rings is 1. The molecule has 0 saturated carbocycles. The van der Waals surface area contributed by atoms with E-state index in [1.54, 1.807) is 0 Å². The van der Waals surface area contributed by atoms with Crippen molar-refractivity contribution >= 4 is 11.7 Å². The van der Waals surface area contributed by atoms with Gasteiger partial charge in [0.15, 0.2) is 0 Å². The fourth-order valence-corrected chi connectivity index (χ4v) is 3.34. The molecule has 2 heterocycles. The van der Waals surface area contributed by atoms with E-state index in [1.165, 1.54) is 18.4 Å². The predicted molar refractivity (Wildman–Crippen MR) is 96.5 cm³/mol. The summed E-state index contributed by atoms with van der Waals surface area (Å²) in [5, 5.41) is 3.03. The molecular formula is C19H29N3O2. The molecule has 24 heavy (non-hydrogen) atoms. The predicted octanol–water partition coefficient (Wildman–Crippen LogP) is 2.97. The van der Waals surface area contributed by atoms with Gasteiger partial charge in [0.1, 0.15) is 0 Å². The zero-order valence-corrected chi connectivity index (χ0v) is 14.5. The van der Waals surface area contributed by atoms with Crippen molar-refractivity contribution < 1.29 is 9.53 Å². The lowest BCUT2D eigenvalue weighted by Gasteiger charge is -2.26. The number of urea groups is 1. The lowest BCUT2D eigenvalue weighted by atomic mass is 10.1. The Labute approximate surface area is 145 Å². The van der Waals surface area contributed by atoms with E-state index in [2.05, 4.69) is 22.3 Å². The number of carbonyl (C=O) groups is 1. The normalized spacial score (nSPS) is 19.8. The third-order valence-electron chi connectivity index (χ3n) is 4.92. The van der Waals surface area contributed by atoms with Crippen LogP contribution in [0.15, 0.2) is 24.3 Å². The van der Waals surface area contributed by atoms with Crippen LogP contribution >= 0.6 is 0 Å². The van der Waals surface area contributed by atoms with Crippen molar-refractivity contribution in [3.05, 3.63) is 29.8 Å². The molecule has 0 atom stereocenters. The maximum absolute atomic E-state index is 12.3. The largest absolute Gasteiger partial charge is 0.379 e. The highest BCUT2D eigenvalue weighted by atomic mass is 16.5. The second-order valence-corrected chi connectivity index (χ2v) is 6.73. The minimum Gasteiger partial charge on any atom is -0.379 e. The summed E-state index contributed by atoms with van der Waals surface area (Å²) in [5.74, 6) is 0. The van der Waals surface area contributed by atoms with Crippen LogP contribution in [0, 0.1) is 0 Å². The lowest BCUT2D eigenvalue weighted by molar-refractivity contribution is 0.0384. The molecule has 132 valence electrons. The van der Waals surface area contributed by atoms with Gasteiger partial charge in [-0.15, -0.1) is 0 Å². The molecule has 3 rings (SSSR count). The molecule has 2 saturated heterocycles. The average Bonchev–Trinajstić information content (AvgIpc) is 2.91. The summed E-state index contributed by atoms with van der Waals surface area (Å²) in [5.41, 5.74) is 2.20. The van der Waals surface area contributed by atoms with Crippen LogP contribution in [0.2, 0.25) is 0 Å². The number of nitrogens with one attached hydrogen (secondary N) is 1. The Morgan fingerprint density at radius 1 is 0.958 bits per heavy atom. The smallest absolute Gasteiger partial charge is 0.321 e. The maximum atomic E-state index is 12.3. The number of hydrogen-bond acceptors (Lipinski definition) is 3.